The van der Waals surface area contributed by atoms with Gasteiger partial charge >= 0.3 is 0 Å². The lowest BCUT2D eigenvalue weighted by atomic mass is 10.1. The molecular formula is C23H29BrN2O3. The van der Waals surface area contributed by atoms with E-state index >= 15 is 0 Å². The van der Waals surface area contributed by atoms with E-state index in [0.717, 1.165) is 16.5 Å². The molecule has 0 aliphatic heterocycles. The molecule has 0 radical (unpaired) electrons. The summed E-state index contributed by atoms with van der Waals surface area (Å²) in [7, 11) is 0. The van der Waals surface area contributed by atoms with Crippen LogP contribution in [-0.4, -0.2) is 42.5 Å². The molecule has 1 N–H and O–H groups in total. The van der Waals surface area contributed by atoms with Crippen LogP contribution in [0.1, 0.15) is 32.3 Å². The van der Waals surface area contributed by atoms with Gasteiger partial charge in [-0.3, -0.25) is 9.59 Å². The van der Waals surface area contributed by atoms with Crippen molar-refractivity contribution in [3.8, 4) is 5.75 Å². The molecule has 0 saturated carbocycles. The Balaban J connectivity index is 2.09. The maximum absolute atomic E-state index is 13.0. The van der Waals surface area contributed by atoms with Gasteiger partial charge in [-0.2, -0.15) is 0 Å². The number of halogens is 1. The van der Waals surface area contributed by atoms with Crippen LogP contribution in [0.15, 0.2) is 59.1 Å². The van der Waals surface area contributed by atoms with Gasteiger partial charge in [-0.15, -0.1) is 0 Å². The number of rotatable bonds is 11. The van der Waals surface area contributed by atoms with Crippen molar-refractivity contribution in [3.05, 3.63) is 64.6 Å². The van der Waals surface area contributed by atoms with Crippen LogP contribution >= 0.6 is 15.9 Å². The molecule has 29 heavy (non-hydrogen) atoms. The lowest BCUT2D eigenvalue weighted by Crippen LogP contribution is -2.51. The smallest absolute Gasteiger partial charge is 0.261 e. The Labute approximate surface area is 181 Å². The second-order valence-corrected chi connectivity index (χ2v) is 7.70. The highest BCUT2D eigenvalue weighted by molar-refractivity contribution is 9.10. The average molecular weight is 461 g/mol. The highest BCUT2D eigenvalue weighted by Gasteiger charge is 2.28. The first-order valence-corrected chi connectivity index (χ1v) is 10.8. The summed E-state index contributed by atoms with van der Waals surface area (Å²) in [5, 5.41) is 2.92. The number of benzene rings is 2. The first-order valence-electron chi connectivity index (χ1n) is 10.0. The third-order valence-electron chi connectivity index (χ3n) is 4.60. The first-order chi connectivity index (χ1) is 14.0. The number of nitrogens with one attached hydrogen (secondary N) is 1. The van der Waals surface area contributed by atoms with Gasteiger partial charge < -0.3 is 15.0 Å². The molecule has 0 fully saturated rings. The van der Waals surface area contributed by atoms with Gasteiger partial charge in [-0.25, -0.2) is 0 Å². The van der Waals surface area contributed by atoms with E-state index in [1.165, 1.54) is 0 Å². The summed E-state index contributed by atoms with van der Waals surface area (Å²) < 4.78 is 6.61. The van der Waals surface area contributed by atoms with Crippen molar-refractivity contribution in [1.29, 1.82) is 0 Å². The highest BCUT2D eigenvalue weighted by atomic mass is 79.9. The van der Waals surface area contributed by atoms with Crippen LogP contribution in [0.5, 0.6) is 5.75 Å². The molecule has 5 nitrogen and oxygen atoms in total. The summed E-state index contributed by atoms with van der Waals surface area (Å²) in [6, 6.07) is 16.8. The number of carbonyl (C=O) groups is 2. The zero-order valence-corrected chi connectivity index (χ0v) is 18.7. The van der Waals surface area contributed by atoms with Crippen LogP contribution in [0.2, 0.25) is 0 Å². The number of hydrogen-bond acceptors (Lipinski definition) is 3. The van der Waals surface area contributed by atoms with Crippen LogP contribution in [0.4, 0.5) is 0 Å². The van der Waals surface area contributed by atoms with Gasteiger partial charge in [-0.05, 0) is 49.1 Å². The fraction of sp³-hybridized carbons (Fsp3) is 0.391. The molecule has 0 unspecified atom stereocenters. The second kappa shape index (κ2) is 12.3. The van der Waals surface area contributed by atoms with Gasteiger partial charge in [0.15, 0.2) is 6.61 Å². The summed E-state index contributed by atoms with van der Waals surface area (Å²) >= 11 is 3.38. The molecule has 0 heterocycles. The predicted molar refractivity (Wildman–Crippen MR) is 119 cm³/mol. The molecule has 0 aromatic heterocycles. The minimum absolute atomic E-state index is 0.103. The first kappa shape index (κ1) is 22.9. The molecule has 1 atom stereocenters. The summed E-state index contributed by atoms with van der Waals surface area (Å²) in [6.07, 6.45) is 2.09. The number of nitrogens with zero attached hydrogens (tertiary/aromatic N) is 1. The maximum Gasteiger partial charge on any atom is 0.261 e. The van der Waals surface area contributed by atoms with E-state index in [4.69, 9.17) is 4.74 Å². The fourth-order valence-electron chi connectivity index (χ4n) is 3.02. The third kappa shape index (κ3) is 7.54. The molecule has 156 valence electrons. The average Bonchev–Trinajstić information content (AvgIpc) is 2.75. The highest BCUT2D eigenvalue weighted by Crippen LogP contribution is 2.17. The van der Waals surface area contributed by atoms with Crippen LogP contribution in [0.25, 0.3) is 0 Å². The van der Waals surface area contributed by atoms with E-state index < -0.39 is 6.04 Å². The van der Waals surface area contributed by atoms with Gasteiger partial charge in [0.1, 0.15) is 11.8 Å². The Morgan fingerprint density at radius 3 is 2.38 bits per heavy atom. The molecule has 0 bridgehead atoms. The molecule has 2 aromatic rings. The van der Waals surface area contributed by atoms with Crippen LogP contribution < -0.4 is 10.1 Å². The van der Waals surface area contributed by atoms with E-state index in [9.17, 15) is 9.59 Å². The van der Waals surface area contributed by atoms with Crippen molar-refractivity contribution in [1.82, 2.24) is 10.2 Å². The number of ether oxygens (including phenoxy) is 1. The van der Waals surface area contributed by atoms with Gasteiger partial charge in [0.2, 0.25) is 5.91 Å². The molecule has 2 rings (SSSR count). The molecule has 0 aliphatic rings. The van der Waals surface area contributed by atoms with E-state index in [1.807, 2.05) is 56.3 Å². The third-order valence-corrected chi connectivity index (χ3v) is 5.12. The molecule has 0 saturated heterocycles. The maximum atomic E-state index is 13.0. The second-order valence-electron chi connectivity index (χ2n) is 6.78. The summed E-state index contributed by atoms with van der Waals surface area (Å²) in [5.74, 6) is 0.315. The quantitative estimate of drug-likeness (QED) is 0.546. The van der Waals surface area contributed by atoms with Crippen LogP contribution in [0, 0.1) is 0 Å². The topological polar surface area (TPSA) is 58.6 Å². The molecule has 2 aromatic carbocycles. The Kier molecular flexibility index (Phi) is 9.71. The lowest BCUT2D eigenvalue weighted by molar-refractivity contribution is -0.142. The molecular weight excluding hydrogens is 432 g/mol. The monoisotopic (exact) mass is 460 g/mol. The molecule has 6 heteroatoms. The van der Waals surface area contributed by atoms with Gasteiger partial charge in [-0.1, -0.05) is 60.1 Å². The van der Waals surface area contributed by atoms with Crippen molar-refractivity contribution in [2.24, 2.45) is 0 Å². The molecule has 2 amide bonds. The lowest BCUT2D eigenvalue weighted by Gasteiger charge is -2.30. The van der Waals surface area contributed by atoms with Crippen LogP contribution in [-0.2, 0) is 16.0 Å². The zero-order chi connectivity index (χ0) is 21.1. The van der Waals surface area contributed by atoms with Crippen molar-refractivity contribution >= 4 is 27.7 Å². The van der Waals surface area contributed by atoms with E-state index in [-0.39, 0.29) is 18.4 Å². The Morgan fingerprint density at radius 1 is 1.07 bits per heavy atom. The van der Waals surface area contributed by atoms with Crippen molar-refractivity contribution in [2.75, 3.05) is 19.7 Å². The Bertz CT molecular complexity index is 765. The minimum atomic E-state index is -0.508. The fourth-order valence-corrected chi connectivity index (χ4v) is 3.29. The standard InChI is InChI=1S/C23H29BrN2O3/c1-3-15-25-23(28)21(4-2)26(16-14-18-8-6-5-7-9-18)22(27)17-29-20-12-10-19(24)11-13-20/h5-13,21H,3-4,14-17H2,1-2H3,(H,25,28)/t21-/m1/s1. The Hall–Kier alpha value is -2.34. The number of amides is 2. The zero-order valence-electron chi connectivity index (χ0n) is 17.1. The van der Waals surface area contributed by atoms with Gasteiger partial charge in [0.25, 0.3) is 5.91 Å². The van der Waals surface area contributed by atoms with Crippen molar-refractivity contribution in [2.45, 2.75) is 39.2 Å². The summed E-state index contributed by atoms with van der Waals surface area (Å²) in [4.78, 5) is 27.3. The number of hydrogen-bond donors (Lipinski definition) is 1. The van der Waals surface area contributed by atoms with Crippen molar-refractivity contribution in [3.63, 3.8) is 0 Å². The van der Waals surface area contributed by atoms with E-state index in [0.29, 0.717) is 31.7 Å². The predicted octanol–water partition coefficient (Wildman–Crippen LogP) is 4.20. The van der Waals surface area contributed by atoms with E-state index in [1.54, 1.807) is 17.0 Å². The van der Waals surface area contributed by atoms with Crippen LogP contribution in [0.3, 0.4) is 0 Å². The van der Waals surface area contributed by atoms with E-state index in [2.05, 4.69) is 21.2 Å². The van der Waals surface area contributed by atoms with Gasteiger partial charge in [0.05, 0.1) is 0 Å². The Morgan fingerprint density at radius 2 is 1.76 bits per heavy atom. The normalized spacial score (nSPS) is 11.6. The SMILES string of the molecule is CCCNC(=O)[C@@H](CC)N(CCc1ccccc1)C(=O)COc1ccc(Br)cc1. The number of carbonyl (C=O) groups excluding carboxylic acids is 2. The van der Waals surface area contributed by atoms with Gasteiger partial charge in [0, 0.05) is 17.6 Å². The minimum Gasteiger partial charge on any atom is -0.484 e. The largest absolute Gasteiger partial charge is 0.484 e. The van der Waals surface area contributed by atoms with Crippen molar-refractivity contribution < 1.29 is 14.3 Å². The summed E-state index contributed by atoms with van der Waals surface area (Å²) in [6.45, 7) is 4.89. The molecule has 0 aliphatic carbocycles. The summed E-state index contributed by atoms with van der Waals surface area (Å²) in [5.41, 5.74) is 1.13. The molecule has 0 spiro atoms.